The zero-order valence-electron chi connectivity index (χ0n) is 14.3. The molecule has 2 bridgehead atoms. The lowest BCUT2D eigenvalue weighted by Gasteiger charge is -2.31. The molecule has 5 rings (SSSR count). The summed E-state index contributed by atoms with van der Waals surface area (Å²) in [6.45, 7) is 1.36. The van der Waals surface area contributed by atoms with E-state index in [1.165, 1.54) is 17.4 Å². The van der Waals surface area contributed by atoms with Crippen LogP contribution in [0.3, 0.4) is 0 Å². The number of ether oxygens (including phenoxy) is 1. The van der Waals surface area contributed by atoms with Gasteiger partial charge in [0.25, 0.3) is 6.01 Å². The molecule has 2 saturated heterocycles. The molecule has 0 radical (unpaired) electrons. The minimum absolute atomic E-state index is 0.0614. The second kappa shape index (κ2) is 6.50. The van der Waals surface area contributed by atoms with Crippen molar-refractivity contribution in [3.63, 3.8) is 0 Å². The van der Waals surface area contributed by atoms with Crippen LogP contribution in [-0.2, 0) is 0 Å². The Morgan fingerprint density at radius 3 is 2.68 bits per heavy atom. The van der Waals surface area contributed by atoms with Gasteiger partial charge in [0.15, 0.2) is 16.8 Å². The van der Waals surface area contributed by atoms with Gasteiger partial charge in [-0.05, 0) is 18.9 Å². The number of anilines is 1. The van der Waals surface area contributed by atoms with Crippen LogP contribution >= 0.6 is 22.9 Å². The van der Waals surface area contributed by atoms with E-state index in [4.69, 9.17) is 16.0 Å². The molecule has 1 aromatic carbocycles. The zero-order chi connectivity index (χ0) is 19.5. The lowest BCUT2D eigenvalue weighted by atomic mass is 10.1. The molecule has 2 unspecified atom stereocenters. The van der Waals surface area contributed by atoms with E-state index in [0.29, 0.717) is 36.4 Å². The highest BCUT2D eigenvalue weighted by Crippen LogP contribution is 2.43. The van der Waals surface area contributed by atoms with Gasteiger partial charge in [0, 0.05) is 36.1 Å². The predicted molar refractivity (Wildman–Crippen MR) is 99.0 cm³/mol. The van der Waals surface area contributed by atoms with Crippen LogP contribution in [0.2, 0.25) is 5.02 Å². The van der Waals surface area contributed by atoms with E-state index in [9.17, 15) is 13.2 Å². The van der Waals surface area contributed by atoms with Crippen LogP contribution in [0.25, 0.3) is 22.4 Å². The van der Waals surface area contributed by atoms with Crippen LogP contribution < -0.4 is 15.0 Å². The van der Waals surface area contributed by atoms with E-state index in [0.717, 1.165) is 12.8 Å². The van der Waals surface area contributed by atoms with Gasteiger partial charge in [-0.2, -0.15) is 4.98 Å². The van der Waals surface area contributed by atoms with E-state index in [-0.39, 0.29) is 22.1 Å². The number of aromatic nitrogens is 2. The Hall–Kier alpha value is -2.04. The quantitative estimate of drug-likeness (QED) is 0.662. The molecule has 2 fully saturated rings. The minimum Gasteiger partial charge on any atom is -0.423 e. The monoisotopic (exact) mass is 430 g/mol. The Balaban J connectivity index is 1.65. The summed E-state index contributed by atoms with van der Waals surface area (Å²) in [6, 6.07) is 2.28. The molecule has 2 aromatic heterocycles. The summed E-state index contributed by atoms with van der Waals surface area (Å²) in [5.41, 5.74) is 2.77. The molecule has 6 nitrogen and oxygen atoms in total. The molecule has 2 aliphatic rings. The number of alkyl halides is 3. The van der Waals surface area contributed by atoms with Gasteiger partial charge in [-0.15, -0.1) is 24.5 Å². The number of fused-ring (bicyclic) bond motifs is 3. The van der Waals surface area contributed by atoms with Crippen molar-refractivity contribution in [3.05, 3.63) is 22.0 Å². The van der Waals surface area contributed by atoms with Crippen molar-refractivity contribution in [2.75, 3.05) is 18.0 Å². The van der Waals surface area contributed by atoms with Gasteiger partial charge in [-0.3, -0.25) is 0 Å². The molecule has 0 spiro atoms. The molecule has 1 N–H and O–H groups in total. The molecule has 148 valence electrons. The summed E-state index contributed by atoms with van der Waals surface area (Å²) < 4.78 is 48.9. The number of benzene rings is 1. The number of hydrogen-bond acceptors (Lipinski definition) is 7. The third-order valence-electron chi connectivity index (χ3n) is 4.98. The van der Waals surface area contributed by atoms with Gasteiger partial charge in [-0.1, -0.05) is 11.6 Å². The van der Waals surface area contributed by atoms with Crippen molar-refractivity contribution < 1.29 is 22.3 Å². The van der Waals surface area contributed by atoms with Crippen molar-refractivity contribution in [1.82, 2.24) is 15.3 Å². The number of hydrogen-bond donors (Lipinski definition) is 1. The first-order chi connectivity index (χ1) is 13.4. The number of nitrogens with zero attached hydrogens (tertiary/aromatic N) is 3. The van der Waals surface area contributed by atoms with E-state index in [1.807, 2.05) is 4.90 Å². The summed E-state index contributed by atoms with van der Waals surface area (Å²) in [7, 11) is 0. The molecule has 2 aliphatic heterocycles. The maximum Gasteiger partial charge on any atom is 0.573 e. The molecule has 2 atom stereocenters. The fraction of sp³-hybridized carbons (Fsp3) is 0.412. The van der Waals surface area contributed by atoms with Crippen molar-refractivity contribution >= 4 is 40.1 Å². The Bertz CT molecular complexity index is 1010. The lowest BCUT2D eigenvalue weighted by molar-refractivity contribution is -0.274. The Labute approximate surface area is 166 Å². The van der Waals surface area contributed by atoms with Crippen LogP contribution in [0.4, 0.5) is 19.2 Å². The van der Waals surface area contributed by atoms with Crippen LogP contribution in [0, 0.1) is 0 Å². The maximum absolute atomic E-state index is 12.9. The van der Waals surface area contributed by atoms with Gasteiger partial charge in [0.2, 0.25) is 0 Å². The second-order valence-corrected chi connectivity index (χ2v) is 8.00. The minimum atomic E-state index is -4.90. The van der Waals surface area contributed by atoms with Gasteiger partial charge >= 0.3 is 6.36 Å². The van der Waals surface area contributed by atoms with Crippen molar-refractivity contribution in [2.45, 2.75) is 31.3 Å². The fourth-order valence-corrected chi connectivity index (χ4v) is 4.64. The van der Waals surface area contributed by atoms with Crippen LogP contribution in [0.15, 0.2) is 21.4 Å². The summed E-state index contributed by atoms with van der Waals surface area (Å²) in [5, 5.41) is 5.06. The number of oxazole rings is 1. The van der Waals surface area contributed by atoms with Gasteiger partial charge < -0.3 is 19.4 Å². The van der Waals surface area contributed by atoms with E-state index in [1.54, 1.807) is 10.9 Å². The second-order valence-electron chi connectivity index (χ2n) is 6.87. The smallest absolute Gasteiger partial charge is 0.423 e. The van der Waals surface area contributed by atoms with Gasteiger partial charge in [0.05, 0.1) is 16.2 Å². The fourth-order valence-electron chi connectivity index (χ4n) is 3.85. The predicted octanol–water partition coefficient (Wildman–Crippen LogP) is 4.44. The summed E-state index contributed by atoms with van der Waals surface area (Å²) in [5.74, 6) is -0.559. The molecule has 28 heavy (non-hydrogen) atoms. The van der Waals surface area contributed by atoms with Gasteiger partial charge in [0.1, 0.15) is 0 Å². The molecule has 11 heteroatoms. The number of thiazole rings is 1. The highest BCUT2D eigenvalue weighted by atomic mass is 35.5. The van der Waals surface area contributed by atoms with Gasteiger partial charge in [-0.25, -0.2) is 4.98 Å². The third kappa shape index (κ3) is 3.19. The Morgan fingerprint density at radius 2 is 2.04 bits per heavy atom. The largest absolute Gasteiger partial charge is 0.573 e. The summed E-state index contributed by atoms with van der Waals surface area (Å²) in [4.78, 5) is 10.5. The summed E-state index contributed by atoms with van der Waals surface area (Å²) in [6.07, 6.45) is -2.79. The standard InChI is InChI=1S/C17H14ClF3N4O2S/c18-11-3-10(12-6-28-7-22-12)14-13(15(11)27-17(19,20)21)24-16(26-14)25-4-8-1-2-9(5-25)23-8/h3,6-9,23H,1-2,4-5H2. The molecule has 0 aliphatic carbocycles. The number of halogens is 4. The Kier molecular flexibility index (Phi) is 4.18. The number of nitrogens with one attached hydrogen (secondary N) is 1. The molecule has 3 aromatic rings. The molecule has 4 heterocycles. The van der Waals surface area contributed by atoms with E-state index < -0.39 is 12.1 Å². The highest BCUT2D eigenvalue weighted by molar-refractivity contribution is 7.07. The van der Waals surface area contributed by atoms with E-state index >= 15 is 0 Å². The van der Waals surface area contributed by atoms with Crippen LogP contribution in [-0.4, -0.2) is 41.5 Å². The topological polar surface area (TPSA) is 63.4 Å². The maximum atomic E-state index is 12.9. The van der Waals surface area contributed by atoms with Crippen LogP contribution in [0.5, 0.6) is 5.75 Å². The first-order valence-electron chi connectivity index (χ1n) is 8.66. The highest BCUT2D eigenvalue weighted by Gasteiger charge is 2.37. The molecule has 0 saturated carbocycles. The van der Waals surface area contributed by atoms with Crippen molar-refractivity contribution in [3.8, 4) is 17.0 Å². The first kappa shape index (κ1) is 18.0. The molecule has 0 amide bonds. The van der Waals surface area contributed by atoms with Crippen LogP contribution in [0.1, 0.15) is 12.8 Å². The summed E-state index contributed by atoms with van der Waals surface area (Å²) >= 11 is 7.49. The lowest BCUT2D eigenvalue weighted by Crippen LogP contribution is -2.51. The Morgan fingerprint density at radius 1 is 1.29 bits per heavy atom. The molecular formula is C17H14ClF3N4O2S. The van der Waals surface area contributed by atoms with Crippen molar-refractivity contribution in [2.24, 2.45) is 0 Å². The van der Waals surface area contributed by atoms with Crippen molar-refractivity contribution in [1.29, 1.82) is 0 Å². The third-order valence-corrected chi connectivity index (χ3v) is 5.84. The zero-order valence-corrected chi connectivity index (χ0v) is 15.9. The number of piperazine rings is 1. The molecular weight excluding hydrogens is 417 g/mol. The SMILES string of the molecule is FC(F)(F)Oc1c(Cl)cc(-c2cscn2)c2oc(N3CC4CCC(C3)N4)nc12. The van der Waals surface area contributed by atoms with E-state index in [2.05, 4.69) is 20.0 Å². The average Bonchev–Trinajstić information content (AvgIpc) is 3.36. The normalized spacial score (nSPS) is 22.2. The number of rotatable bonds is 3. The average molecular weight is 431 g/mol. The first-order valence-corrected chi connectivity index (χ1v) is 9.98.